The van der Waals surface area contributed by atoms with Crippen LogP contribution in [0, 0.1) is 0 Å². The summed E-state index contributed by atoms with van der Waals surface area (Å²) >= 11 is 5.79. The Morgan fingerprint density at radius 3 is 2.68 bits per heavy atom. The van der Waals surface area contributed by atoms with E-state index in [0.717, 1.165) is 0 Å². The molecule has 1 N–H and O–H groups in total. The van der Waals surface area contributed by atoms with E-state index in [0.29, 0.717) is 16.5 Å². The van der Waals surface area contributed by atoms with Crippen molar-refractivity contribution in [3.63, 3.8) is 0 Å². The highest BCUT2D eigenvalue weighted by atomic mass is 35.5. The van der Waals surface area contributed by atoms with Crippen LogP contribution in [0.3, 0.4) is 0 Å². The highest BCUT2D eigenvalue weighted by Crippen LogP contribution is 2.30. The van der Waals surface area contributed by atoms with Crippen molar-refractivity contribution in [3.8, 4) is 17.2 Å². The first-order valence-corrected chi connectivity index (χ1v) is 5.67. The Balaban J connectivity index is 2.39. The number of hydrogen-bond donors (Lipinski definition) is 1. The van der Waals surface area contributed by atoms with Crippen LogP contribution in [-0.2, 0) is 0 Å². The zero-order chi connectivity index (χ0) is 13.8. The fourth-order valence-electron chi connectivity index (χ4n) is 1.47. The van der Waals surface area contributed by atoms with E-state index in [9.17, 15) is 4.79 Å². The Hall–Kier alpha value is -2.27. The van der Waals surface area contributed by atoms with Gasteiger partial charge in [-0.25, -0.2) is 4.79 Å². The van der Waals surface area contributed by atoms with Gasteiger partial charge >= 0.3 is 5.97 Å². The van der Waals surface area contributed by atoms with Gasteiger partial charge in [-0.2, -0.15) is 0 Å². The minimum atomic E-state index is -1.09. The maximum absolute atomic E-state index is 11.1. The van der Waals surface area contributed by atoms with Crippen molar-refractivity contribution in [2.75, 3.05) is 7.11 Å². The van der Waals surface area contributed by atoms with Crippen LogP contribution in [-0.4, -0.2) is 23.2 Å². The summed E-state index contributed by atoms with van der Waals surface area (Å²) in [7, 11) is 1.49. The lowest BCUT2D eigenvalue weighted by Gasteiger charge is -2.10. The molecule has 2 aromatic rings. The number of pyridine rings is 1. The fourth-order valence-corrected chi connectivity index (χ4v) is 1.63. The highest BCUT2D eigenvalue weighted by Gasteiger charge is 2.13. The number of halogens is 1. The van der Waals surface area contributed by atoms with Crippen molar-refractivity contribution in [1.29, 1.82) is 0 Å². The lowest BCUT2D eigenvalue weighted by molar-refractivity contribution is 0.0694. The summed E-state index contributed by atoms with van der Waals surface area (Å²) < 4.78 is 10.5. The van der Waals surface area contributed by atoms with Crippen LogP contribution >= 0.6 is 11.6 Å². The predicted molar refractivity (Wildman–Crippen MR) is 69.3 cm³/mol. The Morgan fingerprint density at radius 2 is 2.05 bits per heavy atom. The number of carboxylic acid groups (broad SMARTS) is 1. The Kier molecular flexibility index (Phi) is 3.87. The lowest BCUT2D eigenvalue weighted by atomic mass is 10.2. The average Bonchev–Trinajstić information content (AvgIpc) is 2.38. The number of aromatic nitrogens is 1. The Labute approximate surface area is 114 Å². The molecule has 0 aliphatic heterocycles. The molecule has 98 valence electrons. The lowest BCUT2D eigenvalue weighted by Crippen LogP contribution is -2.00. The van der Waals surface area contributed by atoms with E-state index in [1.165, 1.54) is 31.6 Å². The van der Waals surface area contributed by atoms with Crippen molar-refractivity contribution in [3.05, 3.63) is 47.2 Å². The molecule has 0 saturated carbocycles. The van der Waals surface area contributed by atoms with Gasteiger partial charge in [0, 0.05) is 18.3 Å². The summed E-state index contributed by atoms with van der Waals surface area (Å²) in [5.74, 6) is -0.0817. The zero-order valence-electron chi connectivity index (χ0n) is 9.96. The molecule has 0 aliphatic rings. The molecule has 2 rings (SSSR count). The number of rotatable bonds is 4. The van der Waals surface area contributed by atoms with Gasteiger partial charge < -0.3 is 14.6 Å². The van der Waals surface area contributed by atoms with Crippen molar-refractivity contribution in [1.82, 2.24) is 4.98 Å². The molecular weight excluding hydrogens is 270 g/mol. The minimum absolute atomic E-state index is 0.0285. The Morgan fingerprint density at radius 1 is 1.26 bits per heavy atom. The molecule has 0 atom stereocenters. The molecule has 0 unspecified atom stereocenters. The van der Waals surface area contributed by atoms with E-state index in [1.807, 2.05) is 0 Å². The largest absolute Gasteiger partial charge is 0.497 e. The van der Waals surface area contributed by atoms with E-state index < -0.39 is 5.97 Å². The van der Waals surface area contributed by atoms with Gasteiger partial charge in [0.05, 0.1) is 18.3 Å². The molecule has 1 heterocycles. The second-order valence-corrected chi connectivity index (χ2v) is 4.04. The van der Waals surface area contributed by atoms with Crippen LogP contribution in [0.1, 0.15) is 10.4 Å². The highest BCUT2D eigenvalue weighted by molar-refractivity contribution is 6.30. The first kappa shape index (κ1) is 13.2. The fraction of sp³-hybridized carbons (Fsp3) is 0.0769. The normalized spacial score (nSPS) is 10.0. The van der Waals surface area contributed by atoms with Crippen LogP contribution < -0.4 is 9.47 Å². The van der Waals surface area contributed by atoms with Gasteiger partial charge in [0.15, 0.2) is 0 Å². The second kappa shape index (κ2) is 5.58. The minimum Gasteiger partial charge on any atom is -0.497 e. The van der Waals surface area contributed by atoms with Gasteiger partial charge in [-0.05, 0) is 12.1 Å². The monoisotopic (exact) mass is 279 g/mol. The third-order valence-electron chi connectivity index (χ3n) is 2.33. The van der Waals surface area contributed by atoms with Gasteiger partial charge in [0.1, 0.15) is 22.8 Å². The average molecular weight is 280 g/mol. The number of aromatic carboxylic acids is 1. The zero-order valence-corrected chi connectivity index (χ0v) is 10.7. The van der Waals surface area contributed by atoms with E-state index in [1.54, 1.807) is 12.1 Å². The Bertz CT molecular complexity index is 615. The second-order valence-electron chi connectivity index (χ2n) is 3.61. The summed E-state index contributed by atoms with van der Waals surface area (Å²) in [4.78, 5) is 15.0. The van der Waals surface area contributed by atoms with E-state index in [4.69, 9.17) is 26.2 Å². The number of carboxylic acids is 1. The smallest absolute Gasteiger partial charge is 0.339 e. The predicted octanol–water partition coefficient (Wildman–Crippen LogP) is 3.23. The number of ether oxygens (including phenoxy) is 2. The number of methoxy groups -OCH3 is 1. The topological polar surface area (TPSA) is 68.7 Å². The van der Waals surface area contributed by atoms with Crippen molar-refractivity contribution >= 4 is 17.6 Å². The molecule has 19 heavy (non-hydrogen) atoms. The summed E-state index contributed by atoms with van der Waals surface area (Å²) in [5.41, 5.74) is 0.0285. The van der Waals surface area contributed by atoms with Gasteiger partial charge in [0.25, 0.3) is 0 Å². The standard InChI is InChI=1S/C13H10ClNO4/c1-18-9-2-3-11(13(16)17)12(5-9)19-10-4-8(14)6-15-7-10/h2-7H,1H3,(H,16,17). The number of carbonyl (C=O) groups is 1. The third-order valence-corrected chi connectivity index (χ3v) is 2.53. The molecule has 0 radical (unpaired) electrons. The molecular formula is C13H10ClNO4. The first-order chi connectivity index (χ1) is 9.10. The number of benzene rings is 1. The summed E-state index contributed by atoms with van der Waals surface area (Å²) in [5, 5.41) is 9.50. The van der Waals surface area contributed by atoms with Gasteiger partial charge in [0.2, 0.25) is 0 Å². The van der Waals surface area contributed by atoms with E-state index in [-0.39, 0.29) is 11.3 Å². The van der Waals surface area contributed by atoms with Crippen molar-refractivity contribution in [2.24, 2.45) is 0 Å². The SMILES string of the molecule is COc1ccc(C(=O)O)c(Oc2cncc(Cl)c2)c1. The van der Waals surface area contributed by atoms with Gasteiger partial charge in [-0.1, -0.05) is 11.6 Å². The number of hydrogen-bond acceptors (Lipinski definition) is 4. The first-order valence-electron chi connectivity index (χ1n) is 5.30. The molecule has 0 saturated heterocycles. The van der Waals surface area contributed by atoms with Crippen molar-refractivity contribution < 1.29 is 19.4 Å². The maximum atomic E-state index is 11.1. The quantitative estimate of drug-likeness (QED) is 0.930. The maximum Gasteiger partial charge on any atom is 0.339 e. The molecule has 0 spiro atoms. The van der Waals surface area contributed by atoms with Crippen LogP contribution in [0.5, 0.6) is 17.2 Å². The van der Waals surface area contributed by atoms with E-state index in [2.05, 4.69) is 4.98 Å². The van der Waals surface area contributed by atoms with Crippen LogP contribution in [0.2, 0.25) is 5.02 Å². The summed E-state index contributed by atoms with van der Waals surface area (Å²) in [6.45, 7) is 0. The molecule has 5 nitrogen and oxygen atoms in total. The molecule has 0 bridgehead atoms. The number of nitrogens with zero attached hydrogens (tertiary/aromatic N) is 1. The molecule has 6 heteroatoms. The van der Waals surface area contributed by atoms with E-state index >= 15 is 0 Å². The van der Waals surface area contributed by atoms with Gasteiger partial charge in [-0.15, -0.1) is 0 Å². The molecule has 1 aromatic heterocycles. The summed E-state index contributed by atoms with van der Waals surface area (Å²) in [6, 6.07) is 5.99. The molecule has 1 aromatic carbocycles. The molecule has 0 amide bonds. The van der Waals surface area contributed by atoms with Crippen molar-refractivity contribution in [2.45, 2.75) is 0 Å². The van der Waals surface area contributed by atoms with Crippen LogP contribution in [0.15, 0.2) is 36.7 Å². The van der Waals surface area contributed by atoms with Gasteiger partial charge in [-0.3, -0.25) is 4.98 Å². The summed E-state index contributed by atoms with van der Waals surface area (Å²) in [6.07, 6.45) is 2.90. The third kappa shape index (κ3) is 3.14. The van der Waals surface area contributed by atoms with Crippen LogP contribution in [0.4, 0.5) is 0 Å². The molecule has 0 aliphatic carbocycles. The molecule has 0 fully saturated rings. The van der Waals surface area contributed by atoms with Crippen LogP contribution in [0.25, 0.3) is 0 Å².